The number of hydrogen-bond acceptors (Lipinski definition) is 1. The predicted octanol–water partition coefficient (Wildman–Crippen LogP) is 5.81. The van der Waals surface area contributed by atoms with Crippen molar-refractivity contribution in [2.75, 3.05) is 0 Å². The van der Waals surface area contributed by atoms with Crippen LogP contribution in [-0.2, 0) is 0 Å². The summed E-state index contributed by atoms with van der Waals surface area (Å²) in [6.45, 7) is 2.19. The largest absolute Gasteiger partial charge is 0.324 e. The van der Waals surface area contributed by atoms with Crippen LogP contribution in [0.25, 0.3) is 32.3 Å². The molecule has 0 radical (unpaired) electrons. The standard InChI is InChI=1S/C20H19N.ClH/c1-2-4-18(21)16-11-9-15-8-7-13-5-3-6-14-10-12-17(16)20(15)19(13)14;/h3,5-12,18H,2,4,21H2,1H3;1H. The van der Waals surface area contributed by atoms with Crippen molar-refractivity contribution in [1.82, 2.24) is 0 Å². The third kappa shape index (κ3) is 2.13. The van der Waals surface area contributed by atoms with Crippen molar-refractivity contribution in [2.24, 2.45) is 5.73 Å². The summed E-state index contributed by atoms with van der Waals surface area (Å²) in [5.41, 5.74) is 7.68. The molecule has 22 heavy (non-hydrogen) atoms. The van der Waals surface area contributed by atoms with Gasteiger partial charge in [-0.15, -0.1) is 12.4 Å². The van der Waals surface area contributed by atoms with Crippen LogP contribution < -0.4 is 5.73 Å². The van der Waals surface area contributed by atoms with Gasteiger partial charge in [-0.1, -0.05) is 67.9 Å². The van der Waals surface area contributed by atoms with Crippen LogP contribution >= 0.6 is 12.4 Å². The van der Waals surface area contributed by atoms with Gasteiger partial charge in [0.05, 0.1) is 0 Å². The number of benzene rings is 4. The van der Waals surface area contributed by atoms with E-state index in [2.05, 4.69) is 61.5 Å². The fourth-order valence-electron chi connectivity index (χ4n) is 3.55. The van der Waals surface area contributed by atoms with Crippen LogP contribution in [0.5, 0.6) is 0 Å². The van der Waals surface area contributed by atoms with E-state index in [-0.39, 0.29) is 18.4 Å². The summed E-state index contributed by atoms with van der Waals surface area (Å²) in [5, 5.41) is 7.99. The maximum Gasteiger partial charge on any atom is 0.0300 e. The Balaban J connectivity index is 0.00000144. The van der Waals surface area contributed by atoms with Crippen LogP contribution in [0.4, 0.5) is 0 Å². The average molecular weight is 310 g/mol. The van der Waals surface area contributed by atoms with Gasteiger partial charge in [-0.05, 0) is 44.3 Å². The van der Waals surface area contributed by atoms with Crippen molar-refractivity contribution in [2.45, 2.75) is 25.8 Å². The summed E-state index contributed by atoms with van der Waals surface area (Å²) in [5.74, 6) is 0. The zero-order valence-electron chi connectivity index (χ0n) is 12.7. The van der Waals surface area contributed by atoms with Crippen molar-refractivity contribution in [3.63, 3.8) is 0 Å². The van der Waals surface area contributed by atoms with Gasteiger partial charge in [-0.2, -0.15) is 0 Å². The molecule has 0 bridgehead atoms. The molecule has 0 heterocycles. The first-order chi connectivity index (χ1) is 10.3. The quantitative estimate of drug-likeness (QED) is 0.475. The van der Waals surface area contributed by atoms with Gasteiger partial charge in [0, 0.05) is 6.04 Å². The molecular weight excluding hydrogens is 290 g/mol. The van der Waals surface area contributed by atoms with Gasteiger partial charge in [0.25, 0.3) is 0 Å². The normalized spacial score (nSPS) is 12.8. The SMILES string of the molecule is CCCC(N)c1ccc2ccc3cccc4ccc1c2c34.Cl. The molecule has 4 aromatic rings. The van der Waals surface area contributed by atoms with Crippen LogP contribution in [0.3, 0.4) is 0 Å². The van der Waals surface area contributed by atoms with Gasteiger partial charge in [-0.25, -0.2) is 0 Å². The second-order valence-electron chi connectivity index (χ2n) is 5.91. The molecule has 2 N–H and O–H groups in total. The number of hydrogen-bond donors (Lipinski definition) is 1. The van der Waals surface area contributed by atoms with Gasteiger partial charge in [-0.3, -0.25) is 0 Å². The molecule has 0 aliphatic rings. The Labute approximate surface area is 136 Å². The lowest BCUT2D eigenvalue weighted by atomic mass is 9.89. The highest BCUT2D eigenvalue weighted by atomic mass is 35.5. The zero-order chi connectivity index (χ0) is 14.4. The molecule has 0 amide bonds. The molecule has 1 nitrogen and oxygen atoms in total. The summed E-state index contributed by atoms with van der Waals surface area (Å²) in [6, 6.07) is 20.0. The molecule has 2 heteroatoms. The van der Waals surface area contributed by atoms with Crippen molar-refractivity contribution < 1.29 is 0 Å². The predicted molar refractivity (Wildman–Crippen MR) is 99.2 cm³/mol. The van der Waals surface area contributed by atoms with Crippen LogP contribution in [0.15, 0.2) is 54.6 Å². The molecule has 0 aliphatic carbocycles. The van der Waals surface area contributed by atoms with E-state index in [1.54, 1.807) is 0 Å². The summed E-state index contributed by atoms with van der Waals surface area (Å²) in [4.78, 5) is 0. The van der Waals surface area contributed by atoms with Crippen LogP contribution in [0.1, 0.15) is 31.4 Å². The van der Waals surface area contributed by atoms with E-state index in [4.69, 9.17) is 5.73 Å². The second kappa shape index (κ2) is 5.75. The molecule has 112 valence electrons. The zero-order valence-corrected chi connectivity index (χ0v) is 13.5. The number of rotatable bonds is 3. The summed E-state index contributed by atoms with van der Waals surface area (Å²) in [7, 11) is 0. The van der Waals surface area contributed by atoms with Crippen molar-refractivity contribution >= 4 is 44.7 Å². The Kier molecular flexibility index (Phi) is 3.94. The molecule has 1 atom stereocenters. The minimum Gasteiger partial charge on any atom is -0.324 e. The summed E-state index contributed by atoms with van der Waals surface area (Å²) < 4.78 is 0. The minimum atomic E-state index is 0. The summed E-state index contributed by atoms with van der Waals surface area (Å²) in [6.07, 6.45) is 2.15. The van der Waals surface area contributed by atoms with Crippen LogP contribution in [0, 0.1) is 0 Å². The number of nitrogens with two attached hydrogens (primary N) is 1. The Morgan fingerprint density at radius 3 is 2.09 bits per heavy atom. The Morgan fingerprint density at radius 2 is 1.41 bits per heavy atom. The highest BCUT2D eigenvalue weighted by Gasteiger charge is 2.13. The minimum absolute atomic E-state index is 0. The molecule has 0 saturated heterocycles. The van der Waals surface area contributed by atoms with Crippen molar-refractivity contribution in [3.8, 4) is 0 Å². The van der Waals surface area contributed by atoms with E-state index < -0.39 is 0 Å². The first-order valence-electron chi connectivity index (χ1n) is 7.71. The fourth-order valence-corrected chi connectivity index (χ4v) is 3.55. The Bertz CT molecular complexity index is 913. The number of halogens is 1. The van der Waals surface area contributed by atoms with Crippen LogP contribution in [0.2, 0.25) is 0 Å². The van der Waals surface area contributed by atoms with Crippen LogP contribution in [-0.4, -0.2) is 0 Å². The van der Waals surface area contributed by atoms with Crippen molar-refractivity contribution in [3.05, 3.63) is 60.2 Å². The van der Waals surface area contributed by atoms with E-state index in [0.29, 0.717) is 0 Å². The third-order valence-corrected chi connectivity index (χ3v) is 4.56. The lowest BCUT2D eigenvalue weighted by molar-refractivity contribution is 0.643. The average Bonchev–Trinajstić information content (AvgIpc) is 2.52. The van der Waals surface area contributed by atoms with Gasteiger partial charge in [0.2, 0.25) is 0 Å². The lowest BCUT2D eigenvalue weighted by Crippen LogP contribution is -2.10. The first kappa shape index (κ1) is 15.1. The van der Waals surface area contributed by atoms with E-state index in [1.807, 2.05) is 0 Å². The second-order valence-corrected chi connectivity index (χ2v) is 5.91. The third-order valence-electron chi connectivity index (χ3n) is 4.56. The molecule has 0 spiro atoms. The maximum atomic E-state index is 6.40. The van der Waals surface area contributed by atoms with E-state index in [9.17, 15) is 0 Å². The monoisotopic (exact) mass is 309 g/mol. The molecule has 0 aromatic heterocycles. The highest BCUT2D eigenvalue weighted by molar-refractivity contribution is 6.23. The van der Waals surface area contributed by atoms with E-state index in [1.165, 1.54) is 37.9 Å². The Hall–Kier alpha value is -1.83. The lowest BCUT2D eigenvalue weighted by Gasteiger charge is -2.17. The molecule has 0 fully saturated rings. The fraction of sp³-hybridized carbons (Fsp3) is 0.200. The maximum absolute atomic E-state index is 6.40. The molecule has 0 saturated carbocycles. The van der Waals surface area contributed by atoms with E-state index >= 15 is 0 Å². The van der Waals surface area contributed by atoms with Gasteiger partial charge < -0.3 is 5.73 Å². The van der Waals surface area contributed by atoms with Gasteiger partial charge >= 0.3 is 0 Å². The van der Waals surface area contributed by atoms with Crippen molar-refractivity contribution in [1.29, 1.82) is 0 Å². The van der Waals surface area contributed by atoms with Gasteiger partial charge in [0.15, 0.2) is 0 Å². The molecule has 0 aliphatic heterocycles. The molecule has 1 unspecified atom stereocenters. The molecule has 4 rings (SSSR count). The van der Waals surface area contributed by atoms with E-state index in [0.717, 1.165) is 12.8 Å². The first-order valence-corrected chi connectivity index (χ1v) is 7.71. The molecular formula is C20H20ClN. The smallest absolute Gasteiger partial charge is 0.0300 e. The highest BCUT2D eigenvalue weighted by Crippen LogP contribution is 2.37. The summed E-state index contributed by atoms with van der Waals surface area (Å²) >= 11 is 0. The topological polar surface area (TPSA) is 26.0 Å². The molecule has 4 aromatic carbocycles. The Morgan fingerprint density at radius 1 is 0.818 bits per heavy atom. The van der Waals surface area contributed by atoms with Gasteiger partial charge in [0.1, 0.15) is 0 Å².